The molecule has 1 aliphatic carbocycles. The minimum Gasteiger partial charge on any atom is -0.302 e. The van der Waals surface area contributed by atoms with Crippen molar-refractivity contribution in [3.8, 4) is 10.6 Å². The molecule has 4 rings (SSSR count). The van der Waals surface area contributed by atoms with Gasteiger partial charge in [-0.2, -0.15) is 0 Å². The molecule has 2 heterocycles. The molecule has 0 saturated heterocycles. The summed E-state index contributed by atoms with van der Waals surface area (Å²) in [5, 5.41) is 7.06. The fourth-order valence-electron chi connectivity index (χ4n) is 3.06. The number of aromatic nitrogens is 2. The molecule has 2 aromatic heterocycles. The predicted molar refractivity (Wildman–Crippen MR) is 108 cm³/mol. The molecule has 0 radical (unpaired) electrons. The van der Waals surface area contributed by atoms with Crippen molar-refractivity contribution in [2.75, 3.05) is 5.32 Å². The zero-order valence-corrected chi connectivity index (χ0v) is 16.5. The van der Waals surface area contributed by atoms with Gasteiger partial charge in [0.1, 0.15) is 5.01 Å². The molecule has 1 N–H and O–H groups in total. The minimum absolute atomic E-state index is 0.0788. The summed E-state index contributed by atoms with van der Waals surface area (Å²) < 4.78 is 0. The highest BCUT2D eigenvalue weighted by Crippen LogP contribution is 2.31. The van der Waals surface area contributed by atoms with Crippen molar-refractivity contribution in [3.05, 3.63) is 50.9 Å². The number of rotatable bonds is 4. The van der Waals surface area contributed by atoms with Gasteiger partial charge in [-0.25, -0.2) is 9.97 Å². The zero-order chi connectivity index (χ0) is 17.9. The topological polar surface area (TPSA) is 54.9 Å². The highest BCUT2D eigenvalue weighted by Gasteiger charge is 2.16. The summed E-state index contributed by atoms with van der Waals surface area (Å²) in [5.74, 6) is -0.0788. The standard InChI is InChI=1S/C19H18ClN3OS2/c20-14-7-5-4-6-13(14)18-21-12(11-25-18)10-17(24)23-19-22-15-8-2-1-3-9-16(15)26-19/h4-7,11H,1-3,8-10H2,(H,22,23,24). The van der Waals surface area contributed by atoms with E-state index in [1.807, 2.05) is 29.6 Å². The number of nitrogens with one attached hydrogen (secondary N) is 1. The van der Waals surface area contributed by atoms with Crippen LogP contribution in [0.5, 0.6) is 0 Å². The molecule has 3 aromatic rings. The maximum absolute atomic E-state index is 12.4. The van der Waals surface area contributed by atoms with E-state index in [-0.39, 0.29) is 12.3 Å². The number of hydrogen-bond acceptors (Lipinski definition) is 5. The molecule has 134 valence electrons. The van der Waals surface area contributed by atoms with Crippen molar-refractivity contribution < 1.29 is 4.79 Å². The second-order valence-corrected chi connectivity index (χ2v) is 8.65. The second-order valence-electron chi connectivity index (χ2n) is 6.30. The summed E-state index contributed by atoms with van der Waals surface area (Å²) in [5.41, 5.74) is 2.81. The van der Waals surface area contributed by atoms with Gasteiger partial charge in [-0.3, -0.25) is 4.79 Å². The highest BCUT2D eigenvalue weighted by molar-refractivity contribution is 7.16. The van der Waals surface area contributed by atoms with Gasteiger partial charge < -0.3 is 5.32 Å². The molecule has 0 spiro atoms. The van der Waals surface area contributed by atoms with E-state index >= 15 is 0 Å². The van der Waals surface area contributed by atoms with Gasteiger partial charge in [0.15, 0.2) is 5.13 Å². The molecule has 4 nitrogen and oxygen atoms in total. The van der Waals surface area contributed by atoms with Crippen LogP contribution in [0.1, 0.15) is 35.5 Å². The number of carbonyl (C=O) groups excluding carboxylic acids is 1. The minimum atomic E-state index is -0.0788. The Labute approximate surface area is 165 Å². The first-order chi connectivity index (χ1) is 12.7. The third-order valence-electron chi connectivity index (χ3n) is 4.34. The van der Waals surface area contributed by atoms with Crippen LogP contribution >= 0.6 is 34.3 Å². The van der Waals surface area contributed by atoms with E-state index in [9.17, 15) is 4.79 Å². The Morgan fingerprint density at radius 1 is 1.15 bits per heavy atom. The molecule has 0 atom stereocenters. The first kappa shape index (κ1) is 17.6. The van der Waals surface area contributed by atoms with Gasteiger partial charge in [-0.1, -0.05) is 36.2 Å². The van der Waals surface area contributed by atoms with Gasteiger partial charge >= 0.3 is 0 Å². The maximum atomic E-state index is 12.4. The summed E-state index contributed by atoms with van der Waals surface area (Å²) in [6.07, 6.45) is 6.01. The lowest BCUT2D eigenvalue weighted by Crippen LogP contribution is -2.14. The lowest BCUT2D eigenvalue weighted by Gasteiger charge is -2.00. The summed E-state index contributed by atoms with van der Waals surface area (Å²) in [6.45, 7) is 0. The van der Waals surface area contributed by atoms with E-state index < -0.39 is 0 Å². The van der Waals surface area contributed by atoms with E-state index in [0.717, 1.165) is 34.8 Å². The first-order valence-electron chi connectivity index (χ1n) is 8.67. The third-order valence-corrected chi connectivity index (χ3v) is 6.67. The first-order valence-corrected chi connectivity index (χ1v) is 10.7. The zero-order valence-electron chi connectivity index (χ0n) is 14.1. The predicted octanol–water partition coefficient (Wildman–Crippen LogP) is 5.37. The molecule has 0 unspecified atom stereocenters. The Balaban J connectivity index is 1.42. The van der Waals surface area contributed by atoms with Gasteiger partial charge in [-0.15, -0.1) is 22.7 Å². The van der Waals surface area contributed by atoms with Crippen LogP contribution < -0.4 is 5.32 Å². The molecular weight excluding hydrogens is 386 g/mol. The SMILES string of the molecule is O=C(Cc1csc(-c2ccccc2Cl)n1)Nc1nc2c(s1)CCCCC2. The normalized spacial score (nSPS) is 13.9. The van der Waals surface area contributed by atoms with Crippen molar-refractivity contribution in [2.24, 2.45) is 0 Å². The number of benzene rings is 1. The second kappa shape index (κ2) is 7.86. The summed E-state index contributed by atoms with van der Waals surface area (Å²) in [7, 11) is 0. The monoisotopic (exact) mass is 403 g/mol. The van der Waals surface area contributed by atoms with Crippen LogP contribution in [0.4, 0.5) is 5.13 Å². The number of aryl methyl sites for hydroxylation is 2. The molecular formula is C19H18ClN3OS2. The molecule has 0 aliphatic heterocycles. The maximum Gasteiger partial charge on any atom is 0.232 e. The Morgan fingerprint density at radius 2 is 2.00 bits per heavy atom. The molecule has 0 fully saturated rings. The van der Waals surface area contributed by atoms with Crippen molar-refractivity contribution >= 4 is 45.3 Å². The number of anilines is 1. The smallest absolute Gasteiger partial charge is 0.232 e. The molecule has 1 aliphatic rings. The third kappa shape index (κ3) is 3.98. The molecule has 1 amide bonds. The number of fused-ring (bicyclic) bond motifs is 1. The molecule has 1 aromatic carbocycles. The van der Waals surface area contributed by atoms with Crippen LogP contribution in [-0.4, -0.2) is 15.9 Å². The fraction of sp³-hybridized carbons (Fsp3) is 0.316. The van der Waals surface area contributed by atoms with Gasteiger partial charge in [0.2, 0.25) is 5.91 Å². The molecule has 0 saturated carbocycles. The summed E-state index contributed by atoms with van der Waals surface area (Å²) in [4.78, 5) is 22.9. The van der Waals surface area contributed by atoms with Gasteiger partial charge in [0, 0.05) is 15.8 Å². The number of carbonyl (C=O) groups is 1. The fourth-order valence-corrected chi connectivity index (χ4v) is 5.26. The largest absolute Gasteiger partial charge is 0.302 e. The molecule has 7 heteroatoms. The van der Waals surface area contributed by atoms with Crippen molar-refractivity contribution in [2.45, 2.75) is 38.5 Å². The Bertz CT molecular complexity index is 911. The van der Waals surface area contributed by atoms with Crippen LogP contribution in [-0.2, 0) is 24.1 Å². The van der Waals surface area contributed by atoms with Crippen LogP contribution in [0.3, 0.4) is 0 Å². The highest BCUT2D eigenvalue weighted by atomic mass is 35.5. The van der Waals surface area contributed by atoms with Gasteiger partial charge in [0.05, 0.1) is 22.8 Å². The van der Waals surface area contributed by atoms with Gasteiger partial charge in [0.25, 0.3) is 0 Å². The number of thiazole rings is 2. The van der Waals surface area contributed by atoms with E-state index in [1.54, 1.807) is 11.3 Å². The number of hydrogen-bond donors (Lipinski definition) is 1. The van der Waals surface area contributed by atoms with Crippen LogP contribution in [0.2, 0.25) is 5.02 Å². The average Bonchev–Trinajstić information content (AvgIpc) is 3.16. The average molecular weight is 404 g/mol. The Morgan fingerprint density at radius 3 is 2.88 bits per heavy atom. The van der Waals surface area contributed by atoms with E-state index in [0.29, 0.717) is 10.2 Å². The Kier molecular flexibility index (Phi) is 5.33. The van der Waals surface area contributed by atoms with Crippen LogP contribution in [0.25, 0.3) is 10.6 Å². The molecule has 0 bridgehead atoms. The number of amides is 1. The summed E-state index contributed by atoms with van der Waals surface area (Å²) >= 11 is 9.34. The Hall–Kier alpha value is -1.76. The van der Waals surface area contributed by atoms with E-state index in [1.165, 1.54) is 35.5 Å². The summed E-state index contributed by atoms with van der Waals surface area (Å²) in [6, 6.07) is 7.61. The van der Waals surface area contributed by atoms with Crippen molar-refractivity contribution in [1.82, 2.24) is 9.97 Å². The van der Waals surface area contributed by atoms with Crippen LogP contribution in [0.15, 0.2) is 29.6 Å². The van der Waals surface area contributed by atoms with Crippen molar-refractivity contribution in [1.29, 1.82) is 0 Å². The van der Waals surface area contributed by atoms with Crippen LogP contribution in [0, 0.1) is 0 Å². The molecule has 26 heavy (non-hydrogen) atoms. The van der Waals surface area contributed by atoms with E-state index in [4.69, 9.17) is 11.6 Å². The lowest BCUT2D eigenvalue weighted by atomic mass is 10.2. The van der Waals surface area contributed by atoms with Crippen molar-refractivity contribution in [3.63, 3.8) is 0 Å². The lowest BCUT2D eigenvalue weighted by molar-refractivity contribution is -0.115. The number of halogens is 1. The van der Waals surface area contributed by atoms with E-state index in [2.05, 4.69) is 15.3 Å². The quantitative estimate of drug-likeness (QED) is 0.595. The van der Waals surface area contributed by atoms with Gasteiger partial charge in [-0.05, 0) is 31.7 Å². The number of nitrogens with zero attached hydrogens (tertiary/aromatic N) is 2.